The van der Waals surface area contributed by atoms with Crippen LogP contribution in [0.3, 0.4) is 0 Å². The normalized spacial score (nSPS) is 17.2. The van der Waals surface area contributed by atoms with Crippen LogP contribution in [0.25, 0.3) is 11.0 Å². The second-order valence-corrected chi connectivity index (χ2v) is 11.9. The Morgan fingerprint density at radius 1 is 1.00 bits per heavy atom. The van der Waals surface area contributed by atoms with Crippen molar-refractivity contribution in [2.75, 3.05) is 19.0 Å². The fourth-order valence-corrected chi connectivity index (χ4v) is 6.99. The first kappa shape index (κ1) is 28.3. The van der Waals surface area contributed by atoms with Crippen LogP contribution in [0.15, 0.2) is 76.4 Å². The summed E-state index contributed by atoms with van der Waals surface area (Å²) in [4.78, 5) is 26.1. The Labute approximate surface area is 238 Å². The van der Waals surface area contributed by atoms with Gasteiger partial charge in [0.1, 0.15) is 22.1 Å². The number of hydrogen-bond acceptors (Lipinski definition) is 7. The summed E-state index contributed by atoms with van der Waals surface area (Å²) in [6, 6.07) is 17.5. The van der Waals surface area contributed by atoms with Gasteiger partial charge in [-0.1, -0.05) is 38.0 Å². The molecule has 216 valence electrons. The lowest BCUT2D eigenvalue weighted by Gasteiger charge is -2.27. The van der Waals surface area contributed by atoms with Crippen molar-refractivity contribution in [3.8, 4) is 17.2 Å². The number of carbonyl (C=O) groups excluding carboxylic acids is 1. The van der Waals surface area contributed by atoms with Gasteiger partial charge >= 0.3 is 11.8 Å². The van der Waals surface area contributed by atoms with Gasteiger partial charge in [0.15, 0.2) is 0 Å². The summed E-state index contributed by atoms with van der Waals surface area (Å²) in [5.41, 5.74) is 0.384. The lowest BCUT2D eigenvalue weighted by molar-refractivity contribution is 0.215. The second-order valence-electron chi connectivity index (χ2n) is 10.1. The standard InChI is InChI=1S/C30H33N3O7S/c1-4-39-24-14-15-25-26(19-24)32(22-10-8-9-20(2)17-22)30(35)33(25)41(36,37)28-16-13-21(18-27(28)38-3)31-29(34)40-23-11-6-5-7-12-23/h5-7,11-16,18-20,22H,4,8-10,17H2,1-3H3,(H,31,34). The topological polar surface area (TPSA) is 118 Å². The Morgan fingerprint density at radius 2 is 1.78 bits per heavy atom. The minimum absolute atomic E-state index is 0.0347. The average molecular weight is 580 g/mol. The van der Waals surface area contributed by atoms with E-state index in [1.807, 2.05) is 6.92 Å². The predicted octanol–water partition coefficient (Wildman–Crippen LogP) is 5.81. The first-order chi connectivity index (χ1) is 19.7. The van der Waals surface area contributed by atoms with Crippen molar-refractivity contribution in [3.05, 3.63) is 77.2 Å². The molecule has 0 spiro atoms. The van der Waals surface area contributed by atoms with Gasteiger partial charge in [0.2, 0.25) is 0 Å². The molecule has 0 bridgehead atoms. The minimum Gasteiger partial charge on any atom is -0.495 e. The highest BCUT2D eigenvalue weighted by Gasteiger charge is 2.32. The lowest BCUT2D eigenvalue weighted by atomic mass is 9.87. The number of rotatable bonds is 8. The summed E-state index contributed by atoms with van der Waals surface area (Å²) in [7, 11) is -3.09. The first-order valence-electron chi connectivity index (χ1n) is 13.6. The third-order valence-corrected chi connectivity index (χ3v) is 9.00. The number of benzene rings is 3. The zero-order valence-electron chi connectivity index (χ0n) is 23.2. The van der Waals surface area contributed by atoms with Crippen LogP contribution in [0, 0.1) is 5.92 Å². The van der Waals surface area contributed by atoms with Gasteiger partial charge < -0.3 is 14.2 Å². The predicted molar refractivity (Wildman–Crippen MR) is 156 cm³/mol. The van der Waals surface area contributed by atoms with Crippen molar-refractivity contribution in [1.29, 1.82) is 0 Å². The third kappa shape index (κ3) is 5.67. The number of ether oxygens (including phenoxy) is 3. The van der Waals surface area contributed by atoms with Gasteiger partial charge in [0.25, 0.3) is 10.0 Å². The number of hydrogen-bond donors (Lipinski definition) is 1. The van der Waals surface area contributed by atoms with Crippen LogP contribution in [0.2, 0.25) is 0 Å². The molecule has 1 saturated carbocycles. The van der Waals surface area contributed by atoms with Crippen molar-refractivity contribution in [3.63, 3.8) is 0 Å². The van der Waals surface area contributed by atoms with Crippen molar-refractivity contribution >= 4 is 32.8 Å². The molecule has 41 heavy (non-hydrogen) atoms. The van der Waals surface area contributed by atoms with Crippen LogP contribution in [0.1, 0.15) is 45.6 Å². The third-order valence-electron chi connectivity index (χ3n) is 7.27. The van der Waals surface area contributed by atoms with Crippen LogP contribution in [0.5, 0.6) is 17.2 Å². The maximum atomic E-state index is 14.1. The zero-order valence-corrected chi connectivity index (χ0v) is 24.0. The summed E-state index contributed by atoms with van der Waals surface area (Å²) in [5, 5.41) is 2.57. The van der Waals surface area contributed by atoms with Gasteiger partial charge in [-0.25, -0.2) is 18.0 Å². The molecule has 1 amide bonds. The Kier molecular flexibility index (Phi) is 8.07. The van der Waals surface area contributed by atoms with Crippen molar-refractivity contribution in [2.45, 2.75) is 50.5 Å². The van der Waals surface area contributed by atoms with Crippen LogP contribution in [-0.4, -0.2) is 36.8 Å². The zero-order chi connectivity index (χ0) is 29.1. The number of para-hydroxylation sites is 1. The van der Waals surface area contributed by atoms with Crippen LogP contribution in [-0.2, 0) is 10.0 Å². The maximum Gasteiger partial charge on any atom is 0.417 e. The van der Waals surface area contributed by atoms with Crippen LogP contribution < -0.4 is 25.2 Å². The fraction of sp³-hybridized carbons (Fsp3) is 0.333. The molecule has 5 rings (SSSR count). The SMILES string of the molecule is CCOc1ccc2c(c1)n(C1CCCC(C)C1)c(=O)n2S(=O)(=O)c1ccc(NC(=O)Oc2ccccc2)cc1OC. The molecule has 2 unspecified atom stereocenters. The van der Waals surface area contributed by atoms with Crippen LogP contribution >= 0.6 is 0 Å². The smallest absolute Gasteiger partial charge is 0.417 e. The van der Waals surface area contributed by atoms with Gasteiger partial charge in [-0.2, -0.15) is 3.97 Å². The van der Waals surface area contributed by atoms with E-state index < -0.39 is 21.8 Å². The van der Waals surface area contributed by atoms with Gasteiger partial charge in [0.05, 0.1) is 24.8 Å². The molecule has 4 aromatic rings. The second kappa shape index (κ2) is 11.7. The molecule has 0 aliphatic heterocycles. The van der Waals surface area contributed by atoms with Gasteiger partial charge in [-0.15, -0.1) is 0 Å². The Bertz CT molecular complexity index is 1730. The molecule has 1 aliphatic carbocycles. The Balaban J connectivity index is 1.56. The number of anilines is 1. The molecule has 10 nitrogen and oxygen atoms in total. The quantitative estimate of drug-likeness (QED) is 0.280. The molecule has 0 saturated heterocycles. The van der Waals surface area contributed by atoms with E-state index in [1.54, 1.807) is 53.1 Å². The van der Waals surface area contributed by atoms with E-state index in [0.29, 0.717) is 29.5 Å². The Morgan fingerprint density at radius 3 is 2.49 bits per heavy atom. The highest BCUT2D eigenvalue weighted by Crippen LogP contribution is 2.36. The fourth-order valence-electron chi connectivity index (χ4n) is 5.45. The largest absolute Gasteiger partial charge is 0.495 e. The molecule has 1 fully saturated rings. The average Bonchev–Trinajstić information content (AvgIpc) is 3.25. The summed E-state index contributed by atoms with van der Waals surface area (Å²) in [6.07, 6.45) is 2.84. The maximum absolute atomic E-state index is 14.1. The molecule has 1 N–H and O–H groups in total. The monoisotopic (exact) mass is 579 g/mol. The van der Waals surface area contributed by atoms with Crippen molar-refractivity contribution in [2.24, 2.45) is 5.92 Å². The molecule has 1 aromatic heterocycles. The van der Waals surface area contributed by atoms with Gasteiger partial charge in [-0.3, -0.25) is 9.88 Å². The number of nitrogens with zero attached hydrogens (tertiary/aromatic N) is 2. The molecule has 11 heteroatoms. The summed E-state index contributed by atoms with van der Waals surface area (Å²) >= 11 is 0. The molecule has 1 heterocycles. The van der Waals surface area contributed by atoms with E-state index in [1.165, 1.54) is 25.3 Å². The summed E-state index contributed by atoms with van der Waals surface area (Å²) < 4.78 is 47.0. The van der Waals surface area contributed by atoms with E-state index >= 15 is 0 Å². The number of nitrogens with one attached hydrogen (secondary N) is 1. The van der Waals surface area contributed by atoms with E-state index in [9.17, 15) is 18.0 Å². The van der Waals surface area contributed by atoms with Gasteiger partial charge in [-0.05, 0) is 62.1 Å². The lowest BCUT2D eigenvalue weighted by Crippen LogP contribution is -2.33. The Hall–Kier alpha value is -4.25. The highest BCUT2D eigenvalue weighted by molar-refractivity contribution is 7.90. The van der Waals surface area contributed by atoms with E-state index in [0.717, 1.165) is 29.7 Å². The van der Waals surface area contributed by atoms with E-state index in [2.05, 4.69) is 12.2 Å². The summed E-state index contributed by atoms with van der Waals surface area (Å²) in [5.74, 6) is 1.29. The first-order valence-corrected chi connectivity index (χ1v) is 15.0. The molecule has 3 aromatic carbocycles. The molecular formula is C30H33N3O7S. The van der Waals surface area contributed by atoms with Gasteiger partial charge in [0, 0.05) is 23.9 Å². The minimum atomic E-state index is -4.42. The van der Waals surface area contributed by atoms with E-state index in [4.69, 9.17) is 14.2 Å². The number of imidazole rings is 1. The number of aromatic nitrogens is 2. The summed E-state index contributed by atoms with van der Waals surface area (Å²) in [6.45, 7) is 4.45. The molecular weight excluding hydrogens is 546 g/mol. The molecule has 2 atom stereocenters. The number of carbonyl (C=O) groups is 1. The van der Waals surface area contributed by atoms with Crippen molar-refractivity contribution in [1.82, 2.24) is 8.54 Å². The van der Waals surface area contributed by atoms with Crippen LogP contribution in [0.4, 0.5) is 10.5 Å². The van der Waals surface area contributed by atoms with Crippen molar-refractivity contribution < 1.29 is 27.4 Å². The molecule has 0 radical (unpaired) electrons. The molecule has 1 aliphatic rings. The number of fused-ring (bicyclic) bond motifs is 1. The number of methoxy groups -OCH3 is 1. The number of amides is 1. The highest BCUT2D eigenvalue weighted by atomic mass is 32.2. The van der Waals surface area contributed by atoms with E-state index in [-0.39, 0.29) is 27.9 Å².